The van der Waals surface area contributed by atoms with Crippen LogP contribution in [-0.2, 0) is 4.79 Å². The van der Waals surface area contributed by atoms with E-state index in [9.17, 15) is 14.0 Å². The first kappa shape index (κ1) is 15.5. The highest BCUT2D eigenvalue weighted by Gasteiger charge is 2.46. The van der Waals surface area contributed by atoms with Gasteiger partial charge in [-0.2, -0.15) is 0 Å². The van der Waals surface area contributed by atoms with Gasteiger partial charge in [-0.15, -0.1) is 0 Å². The fourth-order valence-electron chi connectivity index (χ4n) is 4.00. The lowest BCUT2D eigenvalue weighted by Gasteiger charge is -2.38. The molecule has 2 saturated heterocycles. The molecule has 1 aromatic heterocycles. The maximum atomic E-state index is 13.8. The van der Waals surface area contributed by atoms with Crippen LogP contribution in [0, 0.1) is 17.2 Å². The van der Waals surface area contributed by atoms with Gasteiger partial charge in [0, 0.05) is 44.2 Å². The number of hydrogen-bond donors (Lipinski definition) is 0. The smallest absolute Gasteiger partial charge is 0.256 e. The first-order valence-electron chi connectivity index (χ1n) is 8.73. The summed E-state index contributed by atoms with van der Waals surface area (Å²) < 4.78 is 13.8. The number of nitrogens with zero attached hydrogens (tertiary/aromatic N) is 3. The Kier molecular flexibility index (Phi) is 3.77. The number of likely N-dealkylation sites (tertiary alicyclic amines) is 2. The van der Waals surface area contributed by atoms with Crippen molar-refractivity contribution in [1.29, 1.82) is 0 Å². The zero-order valence-corrected chi connectivity index (χ0v) is 13.7. The third kappa shape index (κ3) is 2.89. The van der Waals surface area contributed by atoms with Crippen molar-refractivity contribution < 1.29 is 14.0 Å². The van der Waals surface area contributed by atoms with Crippen LogP contribution in [0.25, 0.3) is 0 Å². The van der Waals surface area contributed by atoms with Gasteiger partial charge in [0.2, 0.25) is 5.91 Å². The zero-order valence-electron chi connectivity index (χ0n) is 13.7. The Labute approximate surface area is 140 Å². The van der Waals surface area contributed by atoms with E-state index in [2.05, 4.69) is 4.98 Å². The third-order valence-electron chi connectivity index (χ3n) is 5.69. The molecule has 4 rings (SSSR count). The molecule has 0 bridgehead atoms. The van der Waals surface area contributed by atoms with Crippen LogP contribution in [0.15, 0.2) is 18.5 Å². The quantitative estimate of drug-likeness (QED) is 0.852. The topological polar surface area (TPSA) is 53.5 Å². The average Bonchev–Trinajstić information content (AvgIpc) is 3.33. The molecule has 3 heterocycles. The minimum atomic E-state index is -0.575. The van der Waals surface area contributed by atoms with E-state index in [1.54, 1.807) is 4.90 Å². The van der Waals surface area contributed by atoms with Gasteiger partial charge in [-0.05, 0) is 37.7 Å². The number of rotatable bonds is 3. The molecular weight excluding hydrogens is 309 g/mol. The summed E-state index contributed by atoms with van der Waals surface area (Å²) >= 11 is 0. The highest BCUT2D eigenvalue weighted by atomic mass is 19.1. The molecule has 1 aliphatic carbocycles. The van der Waals surface area contributed by atoms with Crippen LogP contribution in [0.5, 0.6) is 0 Å². The van der Waals surface area contributed by atoms with Crippen LogP contribution >= 0.6 is 0 Å². The Hall–Kier alpha value is -1.98. The summed E-state index contributed by atoms with van der Waals surface area (Å²) in [5.41, 5.74) is 0.0957. The molecule has 6 heteroatoms. The lowest BCUT2D eigenvalue weighted by Crippen LogP contribution is -2.44. The van der Waals surface area contributed by atoms with Gasteiger partial charge in [0.15, 0.2) is 5.82 Å². The van der Waals surface area contributed by atoms with Crippen LogP contribution < -0.4 is 0 Å². The van der Waals surface area contributed by atoms with E-state index >= 15 is 0 Å². The molecule has 1 saturated carbocycles. The van der Waals surface area contributed by atoms with Gasteiger partial charge in [-0.25, -0.2) is 4.39 Å². The maximum absolute atomic E-state index is 13.8. The highest BCUT2D eigenvalue weighted by molar-refractivity contribution is 5.94. The molecule has 128 valence electrons. The van der Waals surface area contributed by atoms with Crippen LogP contribution in [0.2, 0.25) is 0 Å². The number of hydrogen-bond acceptors (Lipinski definition) is 3. The Balaban J connectivity index is 1.39. The standard InChI is InChI=1S/C18H22FN3O2/c19-15-10-20-6-3-14(15)17(24)21-7-4-18(5-8-21)9-16(23)22(12-18)11-13-1-2-13/h3,6,10,13H,1-2,4-5,7-9,11-12H2. The van der Waals surface area contributed by atoms with Gasteiger partial charge in [0.05, 0.1) is 11.8 Å². The number of halogens is 1. The second kappa shape index (κ2) is 5.83. The summed E-state index contributed by atoms with van der Waals surface area (Å²) in [6.07, 6.45) is 7.24. The van der Waals surface area contributed by atoms with Gasteiger partial charge >= 0.3 is 0 Å². The van der Waals surface area contributed by atoms with Crippen molar-refractivity contribution in [2.24, 2.45) is 11.3 Å². The van der Waals surface area contributed by atoms with Crippen molar-refractivity contribution in [3.05, 3.63) is 29.8 Å². The number of pyridine rings is 1. The molecule has 0 radical (unpaired) electrons. The van der Waals surface area contributed by atoms with Gasteiger partial charge in [0.1, 0.15) is 0 Å². The first-order chi connectivity index (χ1) is 11.6. The summed E-state index contributed by atoms with van der Waals surface area (Å²) in [6.45, 7) is 2.91. The fourth-order valence-corrected chi connectivity index (χ4v) is 4.00. The van der Waals surface area contributed by atoms with E-state index in [4.69, 9.17) is 0 Å². The minimum absolute atomic E-state index is 0.0134. The Morgan fingerprint density at radius 2 is 2.08 bits per heavy atom. The van der Waals surface area contributed by atoms with Crippen LogP contribution in [-0.4, -0.2) is 52.8 Å². The monoisotopic (exact) mass is 331 g/mol. The van der Waals surface area contributed by atoms with Gasteiger partial charge in [-0.1, -0.05) is 0 Å². The van der Waals surface area contributed by atoms with E-state index in [1.165, 1.54) is 25.1 Å². The molecule has 0 unspecified atom stereocenters. The highest BCUT2D eigenvalue weighted by Crippen LogP contribution is 2.43. The molecule has 0 N–H and O–H groups in total. The lowest BCUT2D eigenvalue weighted by atomic mass is 9.77. The maximum Gasteiger partial charge on any atom is 0.256 e. The Morgan fingerprint density at radius 3 is 2.75 bits per heavy atom. The Bertz CT molecular complexity index is 666. The molecule has 5 nitrogen and oxygen atoms in total. The molecule has 2 aliphatic heterocycles. The summed E-state index contributed by atoms with van der Waals surface area (Å²) in [7, 11) is 0. The molecular formula is C18H22FN3O2. The van der Waals surface area contributed by atoms with Crippen LogP contribution in [0.4, 0.5) is 4.39 Å². The lowest BCUT2D eigenvalue weighted by molar-refractivity contribution is -0.128. The number of carbonyl (C=O) groups excluding carboxylic acids is 2. The molecule has 0 atom stereocenters. The largest absolute Gasteiger partial charge is 0.342 e. The SMILES string of the molecule is O=C1CC2(CCN(C(=O)c3ccncc3F)CC2)CN1CC1CC1. The second-order valence-electron chi connectivity index (χ2n) is 7.54. The number of aromatic nitrogens is 1. The molecule has 3 fully saturated rings. The molecule has 1 aromatic rings. The number of amides is 2. The zero-order chi connectivity index (χ0) is 16.7. The van der Waals surface area contributed by atoms with Gasteiger partial charge in [0.25, 0.3) is 5.91 Å². The van der Waals surface area contributed by atoms with E-state index < -0.39 is 5.82 Å². The second-order valence-corrected chi connectivity index (χ2v) is 7.54. The van der Waals surface area contributed by atoms with Crippen molar-refractivity contribution in [2.75, 3.05) is 26.2 Å². The first-order valence-corrected chi connectivity index (χ1v) is 8.73. The van der Waals surface area contributed by atoms with Crippen molar-refractivity contribution in [2.45, 2.75) is 32.1 Å². The molecule has 0 aromatic carbocycles. The summed E-state index contributed by atoms with van der Waals surface area (Å²) in [5.74, 6) is 0.126. The minimum Gasteiger partial charge on any atom is -0.342 e. The predicted molar refractivity (Wildman–Crippen MR) is 85.7 cm³/mol. The third-order valence-corrected chi connectivity index (χ3v) is 5.69. The van der Waals surface area contributed by atoms with E-state index in [0.29, 0.717) is 25.4 Å². The summed E-state index contributed by atoms with van der Waals surface area (Å²) in [6, 6.07) is 1.43. The predicted octanol–water partition coefficient (Wildman–Crippen LogP) is 2.09. The Morgan fingerprint density at radius 1 is 1.33 bits per heavy atom. The van der Waals surface area contributed by atoms with Crippen molar-refractivity contribution >= 4 is 11.8 Å². The van der Waals surface area contributed by atoms with Gasteiger partial charge < -0.3 is 9.80 Å². The van der Waals surface area contributed by atoms with Gasteiger partial charge in [-0.3, -0.25) is 14.6 Å². The summed E-state index contributed by atoms with van der Waals surface area (Å²) in [5, 5.41) is 0. The average molecular weight is 331 g/mol. The number of piperidine rings is 1. The molecule has 2 amide bonds. The van der Waals surface area contributed by atoms with Crippen molar-refractivity contribution in [3.8, 4) is 0 Å². The molecule has 24 heavy (non-hydrogen) atoms. The van der Waals surface area contributed by atoms with Crippen LogP contribution in [0.1, 0.15) is 42.5 Å². The van der Waals surface area contributed by atoms with Crippen molar-refractivity contribution in [3.63, 3.8) is 0 Å². The van der Waals surface area contributed by atoms with E-state index in [0.717, 1.165) is 32.1 Å². The van der Waals surface area contributed by atoms with Crippen molar-refractivity contribution in [1.82, 2.24) is 14.8 Å². The van der Waals surface area contributed by atoms with E-state index in [-0.39, 0.29) is 22.8 Å². The fraction of sp³-hybridized carbons (Fsp3) is 0.611. The molecule has 1 spiro atoms. The molecule has 3 aliphatic rings. The van der Waals surface area contributed by atoms with E-state index in [1.807, 2.05) is 4.90 Å². The normalized spacial score (nSPS) is 23.1. The summed E-state index contributed by atoms with van der Waals surface area (Å²) in [4.78, 5) is 32.2. The number of carbonyl (C=O) groups is 2. The van der Waals surface area contributed by atoms with Crippen LogP contribution in [0.3, 0.4) is 0 Å².